The molecule has 5 atom stereocenters. The Labute approximate surface area is 182 Å². The third-order valence-electron chi connectivity index (χ3n) is 6.89. The molecule has 0 saturated carbocycles. The molecule has 2 unspecified atom stereocenters. The summed E-state index contributed by atoms with van der Waals surface area (Å²) in [5, 5.41) is 15.4. The largest absolute Gasteiger partial charge is 0.395 e. The Morgan fingerprint density at radius 1 is 1.23 bits per heavy atom. The number of nitrogens with zero attached hydrogens (tertiary/aromatic N) is 1. The summed E-state index contributed by atoms with van der Waals surface area (Å²) in [7, 11) is 0. The van der Waals surface area contributed by atoms with E-state index in [0.29, 0.717) is 19.4 Å². The van der Waals surface area contributed by atoms with Crippen molar-refractivity contribution in [1.29, 1.82) is 0 Å². The minimum atomic E-state index is -1.05. The minimum Gasteiger partial charge on any atom is -0.395 e. The van der Waals surface area contributed by atoms with Crippen LogP contribution in [0, 0.1) is 11.8 Å². The molecule has 8 heteroatoms. The highest BCUT2D eigenvalue weighted by Gasteiger charge is 2.77. The first-order valence-corrected chi connectivity index (χ1v) is 11.0. The highest BCUT2D eigenvalue weighted by Crippen LogP contribution is 2.63. The predicted molar refractivity (Wildman–Crippen MR) is 113 cm³/mol. The van der Waals surface area contributed by atoms with E-state index in [-0.39, 0.29) is 36.9 Å². The van der Waals surface area contributed by atoms with Gasteiger partial charge < -0.3 is 25.4 Å². The summed E-state index contributed by atoms with van der Waals surface area (Å²) in [6.45, 7) is 5.71. The second-order valence-corrected chi connectivity index (χ2v) is 9.35. The topological polar surface area (TPSA) is 108 Å². The lowest BCUT2D eigenvalue weighted by molar-refractivity contribution is -0.146. The van der Waals surface area contributed by atoms with E-state index in [4.69, 9.17) is 4.74 Å². The van der Waals surface area contributed by atoms with E-state index in [1.807, 2.05) is 51.1 Å². The van der Waals surface area contributed by atoms with Gasteiger partial charge in [0.05, 0.1) is 24.0 Å². The van der Waals surface area contributed by atoms with Crippen molar-refractivity contribution in [3.63, 3.8) is 0 Å². The van der Waals surface area contributed by atoms with E-state index >= 15 is 0 Å². The zero-order valence-corrected chi connectivity index (χ0v) is 18.3. The van der Waals surface area contributed by atoms with E-state index in [2.05, 4.69) is 10.6 Å². The SMILES string of the molecule is CC(C)NC(=O)C1N(CCO)C(=O)[C@@H]2[C@@H](C(=O)NCc3ccccc3)[C@@]3(C)CCC12O3. The van der Waals surface area contributed by atoms with Crippen LogP contribution in [0.2, 0.25) is 0 Å². The predicted octanol–water partition coefficient (Wildman–Crippen LogP) is 0.584. The molecule has 0 aliphatic carbocycles. The van der Waals surface area contributed by atoms with Crippen LogP contribution in [0.5, 0.6) is 0 Å². The molecule has 31 heavy (non-hydrogen) atoms. The summed E-state index contributed by atoms with van der Waals surface area (Å²) >= 11 is 0. The first-order valence-electron chi connectivity index (χ1n) is 11.0. The third kappa shape index (κ3) is 3.42. The molecular weight excluding hydrogens is 398 g/mol. The van der Waals surface area contributed by atoms with Crippen LogP contribution in [0.4, 0.5) is 0 Å². The van der Waals surface area contributed by atoms with Crippen molar-refractivity contribution in [2.45, 2.75) is 63.4 Å². The number of ether oxygens (including phenoxy) is 1. The zero-order valence-electron chi connectivity index (χ0n) is 18.3. The fourth-order valence-corrected chi connectivity index (χ4v) is 5.73. The van der Waals surface area contributed by atoms with Crippen LogP contribution >= 0.6 is 0 Å². The van der Waals surface area contributed by atoms with Crippen molar-refractivity contribution in [3.05, 3.63) is 35.9 Å². The molecule has 2 bridgehead atoms. The van der Waals surface area contributed by atoms with E-state index in [9.17, 15) is 19.5 Å². The van der Waals surface area contributed by atoms with Gasteiger partial charge in [0.25, 0.3) is 0 Å². The number of aliphatic hydroxyl groups is 1. The fourth-order valence-electron chi connectivity index (χ4n) is 5.73. The quantitative estimate of drug-likeness (QED) is 0.588. The number of aliphatic hydroxyl groups excluding tert-OH is 1. The van der Waals surface area contributed by atoms with Gasteiger partial charge in [0.2, 0.25) is 17.7 Å². The lowest BCUT2D eigenvalue weighted by Gasteiger charge is -2.33. The highest BCUT2D eigenvalue weighted by atomic mass is 16.5. The normalized spacial score (nSPS) is 33.6. The Hall–Kier alpha value is -2.45. The first kappa shape index (κ1) is 21.8. The summed E-state index contributed by atoms with van der Waals surface area (Å²) in [6, 6.07) is 8.62. The van der Waals surface area contributed by atoms with Crippen LogP contribution in [-0.2, 0) is 25.7 Å². The lowest BCUT2D eigenvalue weighted by atomic mass is 9.66. The maximum Gasteiger partial charge on any atom is 0.246 e. The Balaban J connectivity index is 1.64. The van der Waals surface area contributed by atoms with Gasteiger partial charge in [-0.25, -0.2) is 0 Å². The van der Waals surface area contributed by atoms with Gasteiger partial charge in [-0.1, -0.05) is 30.3 Å². The van der Waals surface area contributed by atoms with Crippen LogP contribution in [0.1, 0.15) is 39.2 Å². The number of fused-ring (bicyclic) bond motifs is 1. The zero-order chi connectivity index (χ0) is 22.4. The number of hydrogen-bond donors (Lipinski definition) is 3. The second kappa shape index (κ2) is 7.91. The smallest absolute Gasteiger partial charge is 0.246 e. The molecule has 3 amide bonds. The molecule has 3 aliphatic heterocycles. The van der Waals surface area contributed by atoms with E-state index in [0.717, 1.165) is 5.56 Å². The molecule has 3 heterocycles. The number of nitrogens with one attached hydrogen (secondary N) is 2. The van der Waals surface area contributed by atoms with Crippen molar-refractivity contribution in [1.82, 2.24) is 15.5 Å². The fraction of sp³-hybridized carbons (Fsp3) is 0.609. The standard InChI is InChI=1S/C23H31N3O5/c1-14(2)25-20(29)18-23-10-9-22(3,31-23)16(17(23)21(30)26(18)11-12-27)19(28)24-13-15-7-5-4-6-8-15/h4-8,14,16-18,27H,9-13H2,1-3H3,(H,24,28)(H,25,29)/t16-,17-,18?,22+,23?/m0/s1. The molecule has 3 N–H and O–H groups in total. The molecule has 1 aromatic carbocycles. The van der Waals surface area contributed by atoms with Gasteiger partial charge in [0, 0.05) is 19.1 Å². The number of benzene rings is 1. The number of likely N-dealkylation sites (tertiary alicyclic amines) is 1. The number of hydrogen-bond acceptors (Lipinski definition) is 5. The van der Waals surface area contributed by atoms with Crippen molar-refractivity contribution >= 4 is 17.7 Å². The van der Waals surface area contributed by atoms with Crippen molar-refractivity contribution in [2.75, 3.05) is 13.2 Å². The van der Waals surface area contributed by atoms with Gasteiger partial charge in [-0.3, -0.25) is 14.4 Å². The van der Waals surface area contributed by atoms with Crippen LogP contribution < -0.4 is 10.6 Å². The first-order chi connectivity index (χ1) is 14.7. The van der Waals surface area contributed by atoms with Gasteiger partial charge >= 0.3 is 0 Å². The third-order valence-corrected chi connectivity index (χ3v) is 6.89. The van der Waals surface area contributed by atoms with Gasteiger partial charge in [-0.2, -0.15) is 0 Å². The molecule has 8 nitrogen and oxygen atoms in total. The number of amides is 3. The molecule has 0 aromatic heterocycles. The number of β-amino-alcohol motifs (C(OH)–C–C–N with tert-alkyl or cyclic N) is 1. The van der Waals surface area contributed by atoms with Crippen molar-refractivity contribution < 1.29 is 24.2 Å². The van der Waals surface area contributed by atoms with Crippen molar-refractivity contribution in [3.8, 4) is 0 Å². The van der Waals surface area contributed by atoms with Crippen LogP contribution in [0.25, 0.3) is 0 Å². The number of carbonyl (C=O) groups is 3. The summed E-state index contributed by atoms with van der Waals surface area (Å²) in [6.07, 6.45) is 1.12. The maximum absolute atomic E-state index is 13.5. The molecule has 3 saturated heterocycles. The number of carbonyl (C=O) groups excluding carboxylic acids is 3. The Morgan fingerprint density at radius 2 is 1.94 bits per heavy atom. The van der Waals surface area contributed by atoms with E-state index in [1.165, 1.54) is 4.90 Å². The lowest BCUT2D eigenvalue weighted by Crippen LogP contribution is -2.56. The molecule has 3 aliphatic rings. The molecule has 168 valence electrons. The molecule has 1 spiro atoms. The molecule has 1 aromatic rings. The van der Waals surface area contributed by atoms with Gasteiger partial charge in [0.1, 0.15) is 11.6 Å². The second-order valence-electron chi connectivity index (χ2n) is 9.35. The molecular formula is C23H31N3O5. The Bertz CT molecular complexity index is 875. The number of rotatable bonds is 7. The van der Waals surface area contributed by atoms with Gasteiger partial charge in [0.15, 0.2) is 0 Å². The van der Waals surface area contributed by atoms with Crippen LogP contribution in [0.3, 0.4) is 0 Å². The van der Waals surface area contributed by atoms with Crippen LogP contribution in [0.15, 0.2) is 30.3 Å². The minimum absolute atomic E-state index is 0.0334. The monoisotopic (exact) mass is 429 g/mol. The Kier molecular flexibility index (Phi) is 5.55. The highest BCUT2D eigenvalue weighted by molar-refractivity contribution is 5.99. The average molecular weight is 430 g/mol. The van der Waals surface area contributed by atoms with E-state index < -0.39 is 29.1 Å². The summed E-state index contributed by atoms with van der Waals surface area (Å²) < 4.78 is 6.45. The summed E-state index contributed by atoms with van der Waals surface area (Å²) in [5.74, 6) is -2.25. The molecule has 3 fully saturated rings. The summed E-state index contributed by atoms with van der Waals surface area (Å²) in [4.78, 5) is 41.3. The molecule has 0 radical (unpaired) electrons. The van der Waals surface area contributed by atoms with Gasteiger partial charge in [-0.15, -0.1) is 0 Å². The Morgan fingerprint density at radius 3 is 2.58 bits per heavy atom. The van der Waals surface area contributed by atoms with Gasteiger partial charge in [-0.05, 0) is 39.2 Å². The van der Waals surface area contributed by atoms with E-state index in [1.54, 1.807) is 0 Å². The molecule has 4 rings (SSSR count). The maximum atomic E-state index is 13.5. The van der Waals surface area contributed by atoms with Crippen LogP contribution in [-0.4, -0.2) is 64.2 Å². The summed E-state index contributed by atoms with van der Waals surface area (Å²) in [5.41, 5.74) is -0.883. The van der Waals surface area contributed by atoms with Crippen molar-refractivity contribution in [2.24, 2.45) is 11.8 Å². The average Bonchev–Trinajstić information content (AvgIpc) is 3.28.